The van der Waals surface area contributed by atoms with Gasteiger partial charge in [0.05, 0.1) is 18.8 Å². The molecule has 0 spiro atoms. The van der Waals surface area contributed by atoms with Gasteiger partial charge in [-0.3, -0.25) is 4.90 Å². The SMILES string of the molecule is CC(C)C(C)NCC(F)(F)COCCCCN1CCN(CCOC(C)(C)C)CC1. The van der Waals surface area contributed by atoms with E-state index < -0.39 is 12.5 Å². The van der Waals surface area contributed by atoms with E-state index in [1.165, 1.54) is 0 Å². The highest BCUT2D eigenvalue weighted by molar-refractivity contribution is 4.74. The van der Waals surface area contributed by atoms with Crippen molar-refractivity contribution in [1.82, 2.24) is 15.1 Å². The Morgan fingerprint density at radius 3 is 2.03 bits per heavy atom. The topological polar surface area (TPSA) is 37.0 Å². The molecular formula is C22H45F2N3O2. The average Bonchev–Trinajstić information content (AvgIpc) is 2.62. The van der Waals surface area contributed by atoms with E-state index in [2.05, 4.69) is 35.9 Å². The first kappa shape index (κ1) is 26.7. The first-order valence-corrected chi connectivity index (χ1v) is 11.3. The van der Waals surface area contributed by atoms with Crippen LogP contribution in [0.5, 0.6) is 0 Å². The van der Waals surface area contributed by atoms with Gasteiger partial charge in [-0.2, -0.15) is 0 Å². The predicted molar refractivity (Wildman–Crippen MR) is 116 cm³/mol. The summed E-state index contributed by atoms with van der Waals surface area (Å²) in [6.07, 6.45) is 1.81. The molecule has 1 aliphatic heterocycles. The Balaban J connectivity index is 2.02. The number of piperazine rings is 1. The molecule has 0 amide bonds. The number of nitrogens with one attached hydrogen (secondary N) is 1. The van der Waals surface area contributed by atoms with Gasteiger partial charge in [0.25, 0.3) is 5.92 Å². The lowest BCUT2D eigenvalue weighted by atomic mass is 10.1. The Bertz CT molecular complexity index is 423. The quantitative estimate of drug-likeness (QED) is 0.435. The van der Waals surface area contributed by atoms with Gasteiger partial charge in [-0.05, 0) is 53.0 Å². The molecule has 1 unspecified atom stereocenters. The zero-order valence-corrected chi connectivity index (χ0v) is 19.6. The van der Waals surface area contributed by atoms with Gasteiger partial charge in [0.15, 0.2) is 0 Å². The van der Waals surface area contributed by atoms with Gasteiger partial charge < -0.3 is 19.7 Å². The van der Waals surface area contributed by atoms with Gasteiger partial charge in [-0.1, -0.05) is 13.8 Å². The van der Waals surface area contributed by atoms with Crippen molar-refractivity contribution in [3.05, 3.63) is 0 Å². The van der Waals surface area contributed by atoms with Gasteiger partial charge >= 0.3 is 0 Å². The normalized spacial score (nSPS) is 18.5. The Labute approximate surface area is 177 Å². The monoisotopic (exact) mass is 421 g/mol. The summed E-state index contributed by atoms with van der Waals surface area (Å²) in [5.41, 5.74) is -0.0725. The molecule has 0 radical (unpaired) electrons. The first-order valence-electron chi connectivity index (χ1n) is 11.3. The van der Waals surface area contributed by atoms with Crippen LogP contribution in [0.4, 0.5) is 8.78 Å². The fourth-order valence-corrected chi connectivity index (χ4v) is 3.08. The van der Waals surface area contributed by atoms with Gasteiger partial charge in [-0.25, -0.2) is 8.78 Å². The largest absolute Gasteiger partial charge is 0.375 e. The number of ether oxygens (including phenoxy) is 2. The number of unbranched alkanes of at least 4 members (excludes halogenated alkanes) is 1. The zero-order chi connectivity index (χ0) is 21.9. The Morgan fingerprint density at radius 2 is 1.48 bits per heavy atom. The van der Waals surface area contributed by atoms with Crippen LogP contribution >= 0.6 is 0 Å². The summed E-state index contributed by atoms with van der Waals surface area (Å²) in [6, 6.07) is 0.0763. The van der Waals surface area contributed by atoms with Crippen LogP contribution in [0.3, 0.4) is 0 Å². The van der Waals surface area contributed by atoms with Crippen molar-refractivity contribution in [1.29, 1.82) is 0 Å². The minimum Gasteiger partial charge on any atom is -0.375 e. The molecule has 0 bridgehead atoms. The third-order valence-electron chi connectivity index (χ3n) is 5.42. The molecule has 1 saturated heterocycles. The summed E-state index contributed by atoms with van der Waals surface area (Å²) in [4.78, 5) is 4.90. The van der Waals surface area contributed by atoms with Crippen LogP contribution in [0.15, 0.2) is 0 Å². The second kappa shape index (κ2) is 13.2. The molecule has 0 aromatic rings. The van der Waals surface area contributed by atoms with Crippen LogP contribution in [0, 0.1) is 5.92 Å². The summed E-state index contributed by atoms with van der Waals surface area (Å²) in [6.45, 7) is 18.8. The van der Waals surface area contributed by atoms with Crippen molar-refractivity contribution in [2.75, 3.05) is 65.6 Å². The van der Waals surface area contributed by atoms with E-state index >= 15 is 0 Å². The highest BCUT2D eigenvalue weighted by Gasteiger charge is 2.29. The van der Waals surface area contributed by atoms with E-state index in [0.717, 1.165) is 58.7 Å². The number of halogens is 2. The molecule has 0 saturated carbocycles. The molecule has 174 valence electrons. The molecule has 1 rings (SSSR count). The van der Waals surface area contributed by atoms with Gasteiger partial charge in [0.2, 0.25) is 0 Å². The maximum atomic E-state index is 13.8. The zero-order valence-electron chi connectivity index (χ0n) is 19.6. The van der Waals surface area contributed by atoms with Crippen molar-refractivity contribution < 1.29 is 18.3 Å². The summed E-state index contributed by atoms with van der Waals surface area (Å²) < 4.78 is 38.7. The third-order valence-corrected chi connectivity index (χ3v) is 5.42. The molecular weight excluding hydrogens is 376 g/mol. The second-order valence-electron chi connectivity index (χ2n) is 9.67. The number of alkyl halides is 2. The van der Waals surface area contributed by atoms with Crippen LogP contribution < -0.4 is 5.32 Å². The standard InChI is InChI=1S/C22H45F2N3O2/c1-19(2)20(3)25-17-22(23,24)18-28-15-8-7-9-26-10-12-27(13-11-26)14-16-29-21(4,5)6/h19-20,25H,7-18H2,1-6H3. The summed E-state index contributed by atoms with van der Waals surface area (Å²) in [5, 5.41) is 2.89. The van der Waals surface area contributed by atoms with E-state index in [-0.39, 0.29) is 18.2 Å². The fraction of sp³-hybridized carbons (Fsp3) is 1.00. The van der Waals surface area contributed by atoms with Crippen LogP contribution in [0.2, 0.25) is 0 Å². The molecule has 1 N–H and O–H groups in total. The van der Waals surface area contributed by atoms with E-state index in [4.69, 9.17) is 9.47 Å². The lowest BCUT2D eigenvalue weighted by molar-refractivity contribution is -0.0769. The Kier molecular flexibility index (Phi) is 12.1. The van der Waals surface area contributed by atoms with Crippen LogP contribution in [0.1, 0.15) is 54.4 Å². The van der Waals surface area contributed by atoms with E-state index in [1.807, 2.05) is 20.8 Å². The molecule has 29 heavy (non-hydrogen) atoms. The van der Waals surface area contributed by atoms with Crippen LogP contribution in [-0.4, -0.2) is 93.0 Å². The molecule has 1 heterocycles. The maximum Gasteiger partial charge on any atom is 0.283 e. The van der Waals surface area contributed by atoms with Crippen LogP contribution in [0.25, 0.3) is 0 Å². The second-order valence-corrected chi connectivity index (χ2v) is 9.67. The Morgan fingerprint density at radius 1 is 0.897 bits per heavy atom. The Hall–Kier alpha value is -0.340. The number of nitrogens with zero attached hydrogens (tertiary/aromatic N) is 2. The van der Waals surface area contributed by atoms with Gasteiger partial charge in [0, 0.05) is 45.4 Å². The van der Waals surface area contributed by atoms with E-state index in [0.29, 0.717) is 12.5 Å². The lowest BCUT2D eigenvalue weighted by Crippen LogP contribution is -2.47. The third kappa shape index (κ3) is 13.6. The van der Waals surface area contributed by atoms with Crippen molar-refractivity contribution >= 4 is 0 Å². The van der Waals surface area contributed by atoms with E-state index in [9.17, 15) is 8.78 Å². The fourth-order valence-electron chi connectivity index (χ4n) is 3.08. The molecule has 0 aromatic heterocycles. The van der Waals surface area contributed by atoms with Crippen molar-refractivity contribution in [2.24, 2.45) is 5.92 Å². The predicted octanol–water partition coefficient (Wildman–Crippen LogP) is 3.49. The minimum atomic E-state index is -2.81. The molecule has 1 fully saturated rings. The van der Waals surface area contributed by atoms with Crippen molar-refractivity contribution in [2.45, 2.75) is 71.9 Å². The highest BCUT2D eigenvalue weighted by atomic mass is 19.3. The number of hydrogen-bond acceptors (Lipinski definition) is 5. The summed E-state index contributed by atoms with van der Waals surface area (Å²) in [5.74, 6) is -2.47. The van der Waals surface area contributed by atoms with Gasteiger partial charge in [-0.15, -0.1) is 0 Å². The summed E-state index contributed by atoms with van der Waals surface area (Å²) in [7, 11) is 0. The van der Waals surface area contributed by atoms with Crippen LogP contribution in [-0.2, 0) is 9.47 Å². The highest BCUT2D eigenvalue weighted by Crippen LogP contribution is 2.14. The van der Waals surface area contributed by atoms with Crippen molar-refractivity contribution in [3.8, 4) is 0 Å². The lowest BCUT2D eigenvalue weighted by Gasteiger charge is -2.35. The maximum absolute atomic E-state index is 13.8. The average molecular weight is 422 g/mol. The minimum absolute atomic E-state index is 0.0725. The smallest absolute Gasteiger partial charge is 0.283 e. The summed E-state index contributed by atoms with van der Waals surface area (Å²) >= 11 is 0. The molecule has 1 aliphatic rings. The number of rotatable bonds is 14. The van der Waals surface area contributed by atoms with E-state index in [1.54, 1.807) is 0 Å². The molecule has 7 heteroatoms. The van der Waals surface area contributed by atoms with Gasteiger partial charge in [0.1, 0.15) is 6.61 Å². The molecule has 0 aromatic carbocycles. The van der Waals surface area contributed by atoms with Crippen molar-refractivity contribution in [3.63, 3.8) is 0 Å². The molecule has 1 atom stereocenters. The molecule has 5 nitrogen and oxygen atoms in total. The molecule has 0 aliphatic carbocycles. The first-order chi connectivity index (χ1) is 13.5. The number of hydrogen-bond donors (Lipinski definition) is 1.